The maximum atomic E-state index is 12.3. The fourth-order valence-electron chi connectivity index (χ4n) is 3.48. The first kappa shape index (κ1) is 15.7. The van der Waals surface area contributed by atoms with Crippen molar-refractivity contribution in [3.8, 4) is 0 Å². The lowest BCUT2D eigenvalue weighted by molar-refractivity contribution is -0.153. The molecule has 0 aromatic rings. The number of nitrogens with zero attached hydrogens (tertiary/aromatic N) is 1. The van der Waals surface area contributed by atoms with Crippen LogP contribution in [0.25, 0.3) is 0 Å². The minimum Gasteiger partial charge on any atom is -0.465 e. The first-order chi connectivity index (χ1) is 9.60. The summed E-state index contributed by atoms with van der Waals surface area (Å²) < 4.78 is 11.1. The monoisotopic (exact) mass is 284 g/mol. The first-order valence-electron chi connectivity index (χ1n) is 7.88. The number of likely N-dealkylation sites (N-methyl/N-ethyl adjacent to an activating group) is 1. The summed E-state index contributed by atoms with van der Waals surface area (Å²) in [5, 5.41) is 3.31. The van der Waals surface area contributed by atoms with Crippen LogP contribution in [0.15, 0.2) is 0 Å². The smallest absolute Gasteiger partial charge is 0.327 e. The van der Waals surface area contributed by atoms with E-state index in [1.807, 2.05) is 20.8 Å². The van der Waals surface area contributed by atoms with Crippen LogP contribution >= 0.6 is 0 Å². The molecule has 5 nitrogen and oxygen atoms in total. The lowest BCUT2D eigenvalue weighted by atomic mass is 9.99. The Morgan fingerprint density at radius 1 is 1.45 bits per heavy atom. The second-order valence-corrected chi connectivity index (χ2v) is 5.96. The van der Waals surface area contributed by atoms with Gasteiger partial charge in [-0.25, -0.2) is 0 Å². The number of ether oxygens (including phenoxy) is 2. The molecular formula is C15H28N2O3. The molecule has 1 N–H and O–H groups in total. The summed E-state index contributed by atoms with van der Waals surface area (Å²) in [6.07, 6.45) is 3.91. The summed E-state index contributed by atoms with van der Waals surface area (Å²) in [6.45, 7) is 9.38. The maximum Gasteiger partial charge on any atom is 0.327 e. The Hall–Kier alpha value is -0.650. The average Bonchev–Trinajstić information content (AvgIpc) is 2.88. The molecule has 20 heavy (non-hydrogen) atoms. The zero-order valence-electron chi connectivity index (χ0n) is 13.0. The van der Waals surface area contributed by atoms with Gasteiger partial charge in [-0.2, -0.15) is 0 Å². The van der Waals surface area contributed by atoms with Gasteiger partial charge in [0, 0.05) is 19.1 Å². The molecule has 1 heterocycles. The average molecular weight is 284 g/mol. The predicted molar refractivity (Wildman–Crippen MR) is 77.7 cm³/mol. The van der Waals surface area contributed by atoms with Gasteiger partial charge in [-0.1, -0.05) is 6.92 Å². The molecule has 0 bridgehead atoms. The van der Waals surface area contributed by atoms with Gasteiger partial charge in [0.1, 0.15) is 5.54 Å². The van der Waals surface area contributed by atoms with Crippen molar-refractivity contribution in [3.63, 3.8) is 0 Å². The van der Waals surface area contributed by atoms with E-state index in [-0.39, 0.29) is 5.97 Å². The molecular weight excluding hydrogens is 256 g/mol. The normalized spacial score (nSPS) is 29.8. The van der Waals surface area contributed by atoms with Crippen molar-refractivity contribution in [2.45, 2.75) is 57.7 Å². The van der Waals surface area contributed by atoms with E-state index < -0.39 is 5.54 Å². The molecule has 1 saturated heterocycles. The molecule has 0 amide bonds. The quantitative estimate of drug-likeness (QED) is 0.742. The molecule has 0 radical (unpaired) electrons. The van der Waals surface area contributed by atoms with Crippen molar-refractivity contribution in [3.05, 3.63) is 0 Å². The van der Waals surface area contributed by atoms with Crippen LogP contribution in [0.5, 0.6) is 0 Å². The van der Waals surface area contributed by atoms with Gasteiger partial charge in [0.25, 0.3) is 0 Å². The van der Waals surface area contributed by atoms with Gasteiger partial charge in [-0.05, 0) is 39.7 Å². The van der Waals surface area contributed by atoms with Gasteiger partial charge in [0.15, 0.2) is 0 Å². The van der Waals surface area contributed by atoms with Crippen molar-refractivity contribution in [1.82, 2.24) is 10.2 Å². The van der Waals surface area contributed by atoms with Crippen LogP contribution in [-0.4, -0.2) is 61.4 Å². The van der Waals surface area contributed by atoms with Gasteiger partial charge in [-0.3, -0.25) is 9.69 Å². The first-order valence-corrected chi connectivity index (χ1v) is 7.88. The van der Waals surface area contributed by atoms with Crippen LogP contribution in [-0.2, 0) is 14.3 Å². The molecule has 2 rings (SSSR count). The molecule has 116 valence electrons. The summed E-state index contributed by atoms with van der Waals surface area (Å²) in [4.78, 5) is 14.7. The lowest BCUT2D eigenvalue weighted by Gasteiger charge is -2.42. The molecule has 0 spiro atoms. The summed E-state index contributed by atoms with van der Waals surface area (Å²) in [7, 11) is 0. The molecule has 0 aromatic heterocycles. The van der Waals surface area contributed by atoms with Gasteiger partial charge in [0.05, 0.1) is 19.3 Å². The molecule has 1 aliphatic heterocycles. The zero-order chi connectivity index (χ0) is 14.6. The molecule has 3 unspecified atom stereocenters. The van der Waals surface area contributed by atoms with Crippen LogP contribution in [0.2, 0.25) is 0 Å². The highest BCUT2D eigenvalue weighted by molar-refractivity contribution is 5.80. The summed E-state index contributed by atoms with van der Waals surface area (Å²) in [5.74, 6) is -0.150. The standard InChI is InChI=1S/C15H28N2O3/c1-4-16-15(3,14(18)19-5-2)11-17-9-10-20-13-8-6-7-12(13)17/h12-13,16H,4-11H2,1-3H3. The third-order valence-electron chi connectivity index (χ3n) is 4.41. The number of esters is 1. The molecule has 5 heteroatoms. The van der Waals surface area contributed by atoms with E-state index >= 15 is 0 Å². The Bertz CT molecular complexity index is 337. The number of morpholine rings is 1. The molecule has 3 atom stereocenters. The summed E-state index contributed by atoms with van der Waals surface area (Å²) in [6, 6.07) is 0.469. The van der Waals surface area contributed by atoms with Crippen molar-refractivity contribution >= 4 is 5.97 Å². The molecule has 1 aliphatic carbocycles. The minimum atomic E-state index is -0.630. The predicted octanol–water partition coefficient (Wildman–Crippen LogP) is 1.17. The number of nitrogens with one attached hydrogen (secondary N) is 1. The van der Waals surface area contributed by atoms with Crippen molar-refractivity contribution < 1.29 is 14.3 Å². The third-order valence-corrected chi connectivity index (χ3v) is 4.41. The van der Waals surface area contributed by atoms with Crippen molar-refractivity contribution in [2.75, 3.05) is 32.8 Å². The Kier molecular flexibility index (Phi) is 5.41. The van der Waals surface area contributed by atoms with Crippen molar-refractivity contribution in [1.29, 1.82) is 0 Å². The summed E-state index contributed by atoms with van der Waals surface area (Å²) >= 11 is 0. The number of hydrogen-bond donors (Lipinski definition) is 1. The lowest BCUT2D eigenvalue weighted by Crippen LogP contribution is -2.61. The zero-order valence-corrected chi connectivity index (χ0v) is 13.0. The Labute approximate surface area is 122 Å². The van der Waals surface area contributed by atoms with E-state index in [0.717, 1.165) is 26.1 Å². The van der Waals surface area contributed by atoms with Crippen molar-refractivity contribution in [2.24, 2.45) is 0 Å². The SMILES string of the molecule is CCNC(C)(CN1CCOC2CCCC21)C(=O)OCC. The highest BCUT2D eigenvalue weighted by Crippen LogP contribution is 2.30. The van der Waals surface area contributed by atoms with E-state index in [2.05, 4.69) is 10.2 Å². The van der Waals surface area contributed by atoms with E-state index in [9.17, 15) is 4.79 Å². The van der Waals surface area contributed by atoms with Crippen LogP contribution < -0.4 is 5.32 Å². The number of carbonyl (C=O) groups excluding carboxylic acids is 1. The molecule has 0 aromatic carbocycles. The Morgan fingerprint density at radius 3 is 2.95 bits per heavy atom. The third kappa shape index (κ3) is 3.32. The fourth-order valence-corrected chi connectivity index (χ4v) is 3.48. The largest absolute Gasteiger partial charge is 0.465 e. The van der Waals surface area contributed by atoms with Gasteiger partial charge >= 0.3 is 5.97 Å². The summed E-state index contributed by atoms with van der Waals surface area (Å²) in [5.41, 5.74) is -0.630. The second kappa shape index (κ2) is 6.87. The van der Waals surface area contributed by atoms with Crippen LogP contribution in [0.3, 0.4) is 0 Å². The molecule has 2 fully saturated rings. The van der Waals surface area contributed by atoms with Crippen LogP contribution in [0.1, 0.15) is 40.0 Å². The highest BCUT2D eigenvalue weighted by Gasteiger charge is 2.42. The minimum absolute atomic E-state index is 0.150. The fraction of sp³-hybridized carbons (Fsp3) is 0.933. The van der Waals surface area contributed by atoms with Crippen LogP contribution in [0.4, 0.5) is 0 Å². The Balaban J connectivity index is 2.04. The Morgan fingerprint density at radius 2 is 2.25 bits per heavy atom. The van der Waals surface area contributed by atoms with Gasteiger partial charge in [0.2, 0.25) is 0 Å². The second-order valence-electron chi connectivity index (χ2n) is 5.96. The van der Waals surface area contributed by atoms with E-state index in [1.165, 1.54) is 12.8 Å². The van der Waals surface area contributed by atoms with E-state index in [1.54, 1.807) is 0 Å². The van der Waals surface area contributed by atoms with E-state index in [4.69, 9.17) is 9.47 Å². The number of fused-ring (bicyclic) bond motifs is 1. The maximum absolute atomic E-state index is 12.3. The number of hydrogen-bond acceptors (Lipinski definition) is 5. The molecule has 1 saturated carbocycles. The molecule has 2 aliphatic rings. The topological polar surface area (TPSA) is 50.8 Å². The van der Waals surface area contributed by atoms with Crippen LogP contribution in [0, 0.1) is 0 Å². The number of rotatable bonds is 6. The van der Waals surface area contributed by atoms with Gasteiger partial charge < -0.3 is 14.8 Å². The van der Waals surface area contributed by atoms with E-state index in [0.29, 0.717) is 25.3 Å². The number of carbonyl (C=O) groups is 1. The highest BCUT2D eigenvalue weighted by atomic mass is 16.5. The van der Waals surface area contributed by atoms with Gasteiger partial charge in [-0.15, -0.1) is 0 Å².